The Labute approximate surface area is 147 Å². The summed E-state index contributed by atoms with van der Waals surface area (Å²) < 4.78 is 58.7. The van der Waals surface area contributed by atoms with Crippen LogP contribution in [-0.2, 0) is 4.79 Å². The fourth-order valence-corrected chi connectivity index (χ4v) is 2.17. The minimum absolute atomic E-state index is 0.00214. The summed E-state index contributed by atoms with van der Waals surface area (Å²) in [5.74, 6) is -1.11. The van der Waals surface area contributed by atoms with E-state index in [1.54, 1.807) is 13.0 Å². The Kier molecular flexibility index (Phi) is 6.43. The van der Waals surface area contributed by atoms with Crippen LogP contribution in [0.1, 0.15) is 24.9 Å². The lowest BCUT2D eigenvalue weighted by Crippen LogP contribution is -2.27. The summed E-state index contributed by atoms with van der Waals surface area (Å²) >= 11 is 0. The third-order valence-electron chi connectivity index (χ3n) is 3.41. The molecule has 1 atom stereocenters. The summed E-state index contributed by atoms with van der Waals surface area (Å²) in [5, 5.41) is 2.69. The summed E-state index contributed by atoms with van der Waals surface area (Å²) in [6.07, 6.45) is -4.74. The predicted octanol–water partition coefficient (Wildman–Crippen LogP) is 4.37. The standard InChI is InChI=1S/C18H17F4NO3/c1-12(13-6-8-14(9-7-13)26-18(20,21)22)23-17(24)10-11-25-16-5-3-2-4-15(16)19/h2-9,12H,10-11H2,1H3,(H,23,24)/t12-/m1/s1. The van der Waals surface area contributed by atoms with Crippen LogP contribution in [0.15, 0.2) is 48.5 Å². The minimum Gasteiger partial charge on any atom is -0.490 e. The lowest BCUT2D eigenvalue weighted by molar-refractivity contribution is -0.274. The average Bonchev–Trinajstić information content (AvgIpc) is 2.55. The zero-order valence-corrected chi connectivity index (χ0v) is 13.8. The Hall–Kier alpha value is -2.77. The highest BCUT2D eigenvalue weighted by Crippen LogP contribution is 2.24. The van der Waals surface area contributed by atoms with E-state index in [1.807, 2.05) is 0 Å². The predicted molar refractivity (Wildman–Crippen MR) is 86.2 cm³/mol. The molecule has 0 heterocycles. The second-order valence-corrected chi connectivity index (χ2v) is 5.43. The van der Waals surface area contributed by atoms with Gasteiger partial charge in [0.1, 0.15) is 5.75 Å². The zero-order valence-electron chi connectivity index (χ0n) is 13.8. The molecule has 4 nitrogen and oxygen atoms in total. The third-order valence-corrected chi connectivity index (χ3v) is 3.41. The number of nitrogens with one attached hydrogen (secondary N) is 1. The van der Waals surface area contributed by atoms with Gasteiger partial charge in [-0.25, -0.2) is 4.39 Å². The maximum absolute atomic E-state index is 13.4. The second-order valence-electron chi connectivity index (χ2n) is 5.43. The molecule has 0 aliphatic carbocycles. The lowest BCUT2D eigenvalue weighted by atomic mass is 10.1. The number of carbonyl (C=O) groups is 1. The zero-order chi connectivity index (χ0) is 19.2. The normalized spacial score (nSPS) is 12.3. The van der Waals surface area contributed by atoms with Crippen molar-refractivity contribution in [3.8, 4) is 11.5 Å². The third kappa shape index (κ3) is 6.27. The van der Waals surface area contributed by atoms with Gasteiger partial charge in [-0.1, -0.05) is 24.3 Å². The maximum Gasteiger partial charge on any atom is 0.573 e. The van der Waals surface area contributed by atoms with Gasteiger partial charge in [-0.05, 0) is 36.8 Å². The molecular formula is C18H17F4NO3. The first-order valence-electron chi connectivity index (χ1n) is 7.77. The highest BCUT2D eigenvalue weighted by Gasteiger charge is 2.31. The summed E-state index contributed by atoms with van der Waals surface area (Å²) in [6, 6.07) is 10.7. The van der Waals surface area contributed by atoms with Gasteiger partial charge in [-0.15, -0.1) is 13.2 Å². The van der Waals surface area contributed by atoms with E-state index >= 15 is 0 Å². The molecule has 2 rings (SSSR count). The minimum atomic E-state index is -4.75. The van der Waals surface area contributed by atoms with Crippen LogP contribution in [0.4, 0.5) is 17.6 Å². The number of para-hydroxylation sites is 1. The Morgan fingerprint density at radius 3 is 2.38 bits per heavy atom. The molecule has 0 saturated heterocycles. The van der Waals surface area contributed by atoms with Gasteiger partial charge in [0.15, 0.2) is 11.6 Å². The number of rotatable bonds is 7. The van der Waals surface area contributed by atoms with Crippen LogP contribution in [0.2, 0.25) is 0 Å². The number of ether oxygens (including phenoxy) is 2. The largest absolute Gasteiger partial charge is 0.573 e. The molecule has 0 aliphatic heterocycles. The quantitative estimate of drug-likeness (QED) is 0.736. The smallest absolute Gasteiger partial charge is 0.490 e. The van der Waals surface area contributed by atoms with Crippen molar-refractivity contribution in [3.05, 3.63) is 59.9 Å². The van der Waals surface area contributed by atoms with Gasteiger partial charge in [0.2, 0.25) is 5.91 Å². The summed E-state index contributed by atoms with van der Waals surface area (Å²) in [7, 11) is 0. The van der Waals surface area contributed by atoms with E-state index in [4.69, 9.17) is 4.74 Å². The molecule has 0 unspecified atom stereocenters. The average molecular weight is 371 g/mol. The molecule has 1 amide bonds. The molecule has 0 aliphatic rings. The summed E-state index contributed by atoms with van der Waals surface area (Å²) in [4.78, 5) is 11.9. The highest BCUT2D eigenvalue weighted by atomic mass is 19.4. The fourth-order valence-electron chi connectivity index (χ4n) is 2.17. The first-order valence-corrected chi connectivity index (χ1v) is 7.77. The van der Waals surface area contributed by atoms with Gasteiger partial charge in [-0.2, -0.15) is 0 Å². The number of hydrogen-bond acceptors (Lipinski definition) is 3. The van der Waals surface area contributed by atoms with Gasteiger partial charge in [0.25, 0.3) is 0 Å². The van der Waals surface area contributed by atoms with Gasteiger partial charge < -0.3 is 14.8 Å². The molecule has 0 radical (unpaired) electrons. The van der Waals surface area contributed by atoms with Crippen molar-refractivity contribution in [1.82, 2.24) is 5.32 Å². The number of benzene rings is 2. The molecule has 2 aromatic carbocycles. The first-order chi connectivity index (χ1) is 12.2. The van der Waals surface area contributed by atoms with Crippen LogP contribution in [0.3, 0.4) is 0 Å². The van der Waals surface area contributed by atoms with Crippen molar-refractivity contribution in [2.24, 2.45) is 0 Å². The molecule has 1 N–H and O–H groups in total. The Morgan fingerprint density at radius 1 is 1.12 bits per heavy atom. The van der Waals surface area contributed by atoms with E-state index in [0.29, 0.717) is 5.56 Å². The van der Waals surface area contributed by atoms with Gasteiger partial charge in [-0.3, -0.25) is 4.79 Å². The summed E-state index contributed by atoms with van der Waals surface area (Å²) in [5.41, 5.74) is 0.614. The van der Waals surface area contributed by atoms with E-state index < -0.39 is 18.2 Å². The molecule has 0 spiro atoms. The number of hydrogen-bond donors (Lipinski definition) is 1. The highest BCUT2D eigenvalue weighted by molar-refractivity contribution is 5.76. The Bertz CT molecular complexity index is 732. The van der Waals surface area contributed by atoms with E-state index in [9.17, 15) is 22.4 Å². The molecule has 0 bridgehead atoms. The Balaban J connectivity index is 1.80. The molecular weight excluding hydrogens is 354 g/mol. The van der Waals surface area contributed by atoms with Crippen LogP contribution < -0.4 is 14.8 Å². The van der Waals surface area contributed by atoms with Crippen LogP contribution in [0, 0.1) is 5.82 Å². The van der Waals surface area contributed by atoms with Crippen LogP contribution in [0.5, 0.6) is 11.5 Å². The monoisotopic (exact) mass is 371 g/mol. The number of amides is 1. The molecule has 0 saturated carbocycles. The van der Waals surface area contributed by atoms with Crippen molar-refractivity contribution in [1.29, 1.82) is 0 Å². The molecule has 8 heteroatoms. The van der Waals surface area contributed by atoms with Crippen molar-refractivity contribution < 1.29 is 31.8 Å². The second kappa shape index (κ2) is 8.55. The van der Waals surface area contributed by atoms with Crippen LogP contribution >= 0.6 is 0 Å². The van der Waals surface area contributed by atoms with E-state index in [2.05, 4.69) is 10.1 Å². The van der Waals surface area contributed by atoms with Crippen molar-refractivity contribution in [3.63, 3.8) is 0 Å². The van der Waals surface area contributed by atoms with Crippen molar-refractivity contribution in [2.45, 2.75) is 25.7 Å². The lowest BCUT2D eigenvalue weighted by Gasteiger charge is -2.15. The SMILES string of the molecule is C[C@@H](NC(=O)CCOc1ccccc1F)c1ccc(OC(F)(F)F)cc1. The number of halogens is 4. The maximum atomic E-state index is 13.4. The fraction of sp³-hybridized carbons (Fsp3) is 0.278. The molecule has 0 aromatic heterocycles. The topological polar surface area (TPSA) is 47.6 Å². The number of carbonyl (C=O) groups excluding carboxylic acids is 1. The van der Waals surface area contributed by atoms with Gasteiger partial charge in [0.05, 0.1) is 19.1 Å². The molecule has 2 aromatic rings. The molecule has 26 heavy (non-hydrogen) atoms. The Morgan fingerprint density at radius 2 is 1.77 bits per heavy atom. The van der Waals surface area contributed by atoms with Crippen molar-refractivity contribution >= 4 is 5.91 Å². The summed E-state index contributed by atoms with van der Waals surface area (Å²) in [6.45, 7) is 1.69. The first kappa shape index (κ1) is 19.6. The number of alkyl halides is 3. The van der Waals surface area contributed by atoms with E-state index in [-0.39, 0.29) is 30.4 Å². The van der Waals surface area contributed by atoms with Gasteiger partial charge in [0, 0.05) is 0 Å². The van der Waals surface area contributed by atoms with E-state index in [1.165, 1.54) is 42.5 Å². The van der Waals surface area contributed by atoms with Gasteiger partial charge >= 0.3 is 6.36 Å². The van der Waals surface area contributed by atoms with Crippen molar-refractivity contribution in [2.75, 3.05) is 6.61 Å². The van der Waals surface area contributed by atoms with Crippen LogP contribution in [-0.4, -0.2) is 18.9 Å². The molecule has 140 valence electrons. The molecule has 0 fully saturated rings. The van der Waals surface area contributed by atoms with E-state index in [0.717, 1.165) is 0 Å². The van der Waals surface area contributed by atoms with Crippen LogP contribution in [0.25, 0.3) is 0 Å².